The summed E-state index contributed by atoms with van der Waals surface area (Å²) in [6.45, 7) is 0. The molecule has 2 heterocycles. The molecule has 0 aliphatic rings. The van der Waals surface area contributed by atoms with Gasteiger partial charge in [-0.15, -0.1) is 0 Å². The van der Waals surface area contributed by atoms with E-state index in [1.807, 2.05) is 12.1 Å². The highest BCUT2D eigenvalue weighted by Gasteiger charge is 2.11. The van der Waals surface area contributed by atoms with Crippen LogP contribution in [0.3, 0.4) is 0 Å². The van der Waals surface area contributed by atoms with Crippen molar-refractivity contribution in [2.45, 2.75) is 0 Å². The average molecular weight is 340 g/mol. The fourth-order valence-electron chi connectivity index (χ4n) is 2.38. The third-order valence-corrected chi connectivity index (χ3v) is 3.80. The maximum atomic E-state index is 13.0. The van der Waals surface area contributed by atoms with Crippen LogP contribution in [0.2, 0.25) is 5.02 Å². The van der Waals surface area contributed by atoms with Crippen molar-refractivity contribution in [3.63, 3.8) is 0 Å². The Balaban J connectivity index is 1.76. The molecule has 0 amide bonds. The summed E-state index contributed by atoms with van der Waals surface area (Å²) >= 11 is 5.93. The van der Waals surface area contributed by atoms with Crippen LogP contribution in [0.15, 0.2) is 61.1 Å². The first-order valence-electron chi connectivity index (χ1n) is 7.18. The zero-order chi connectivity index (χ0) is 16.5. The van der Waals surface area contributed by atoms with Crippen LogP contribution in [-0.2, 0) is 0 Å². The molecule has 0 aliphatic heterocycles. The van der Waals surface area contributed by atoms with Crippen molar-refractivity contribution in [1.82, 2.24) is 19.7 Å². The molecule has 0 radical (unpaired) electrons. The van der Waals surface area contributed by atoms with Crippen molar-refractivity contribution in [2.75, 3.05) is 5.32 Å². The summed E-state index contributed by atoms with van der Waals surface area (Å²) in [6, 6.07) is 13.4. The van der Waals surface area contributed by atoms with E-state index in [9.17, 15) is 4.39 Å². The molecule has 2 aromatic carbocycles. The molecule has 4 rings (SSSR count). The predicted octanol–water partition coefficient (Wildman–Crippen LogP) is 4.35. The fraction of sp³-hybridized carbons (Fsp3) is 0. The van der Waals surface area contributed by atoms with E-state index in [2.05, 4.69) is 20.4 Å². The van der Waals surface area contributed by atoms with E-state index in [1.165, 1.54) is 18.5 Å². The van der Waals surface area contributed by atoms with Gasteiger partial charge in [0, 0.05) is 10.7 Å². The van der Waals surface area contributed by atoms with Gasteiger partial charge < -0.3 is 5.32 Å². The Labute approximate surface area is 141 Å². The zero-order valence-electron chi connectivity index (χ0n) is 12.3. The van der Waals surface area contributed by atoms with E-state index in [0.717, 1.165) is 16.8 Å². The van der Waals surface area contributed by atoms with Gasteiger partial charge in [-0.1, -0.05) is 11.6 Å². The molecule has 24 heavy (non-hydrogen) atoms. The van der Waals surface area contributed by atoms with Crippen LogP contribution in [0.5, 0.6) is 0 Å². The van der Waals surface area contributed by atoms with Crippen LogP contribution in [0.4, 0.5) is 15.9 Å². The lowest BCUT2D eigenvalue weighted by Gasteiger charge is -2.07. The summed E-state index contributed by atoms with van der Waals surface area (Å²) in [5, 5.41) is 8.96. The van der Waals surface area contributed by atoms with Crippen LogP contribution in [0.1, 0.15) is 0 Å². The molecule has 0 unspecified atom stereocenters. The van der Waals surface area contributed by atoms with Gasteiger partial charge in [0.2, 0.25) is 0 Å². The molecule has 1 N–H and O–H groups in total. The molecule has 7 heteroatoms. The quantitative estimate of drug-likeness (QED) is 0.603. The van der Waals surface area contributed by atoms with Crippen LogP contribution >= 0.6 is 11.6 Å². The van der Waals surface area contributed by atoms with Crippen molar-refractivity contribution < 1.29 is 4.39 Å². The Morgan fingerprint density at radius 3 is 2.46 bits per heavy atom. The lowest BCUT2D eigenvalue weighted by molar-refractivity contribution is 0.628. The number of benzene rings is 2. The minimum absolute atomic E-state index is 0.288. The number of halogens is 2. The van der Waals surface area contributed by atoms with Gasteiger partial charge in [0.15, 0.2) is 5.65 Å². The highest BCUT2D eigenvalue weighted by atomic mass is 35.5. The number of rotatable bonds is 3. The standard InChI is InChI=1S/C17H11ClFN5/c18-11-1-7-14(8-2-11)24-17-15(9-22-24)16(20-10-21-17)23-13-5-3-12(19)4-6-13/h1-10H,(H,20,21,23). The van der Waals surface area contributed by atoms with E-state index in [0.29, 0.717) is 16.5 Å². The smallest absolute Gasteiger partial charge is 0.168 e. The molecule has 0 bridgehead atoms. The van der Waals surface area contributed by atoms with Gasteiger partial charge in [0.1, 0.15) is 18.0 Å². The summed E-state index contributed by atoms with van der Waals surface area (Å²) in [6.07, 6.45) is 3.15. The van der Waals surface area contributed by atoms with Crippen molar-refractivity contribution in [3.8, 4) is 5.69 Å². The number of hydrogen-bond acceptors (Lipinski definition) is 4. The van der Waals surface area contributed by atoms with E-state index in [1.54, 1.807) is 35.1 Å². The maximum absolute atomic E-state index is 13.0. The molecular formula is C17H11ClFN5. The molecule has 0 spiro atoms. The number of aromatic nitrogens is 4. The summed E-state index contributed by atoms with van der Waals surface area (Å²) < 4.78 is 14.7. The van der Waals surface area contributed by atoms with Crippen LogP contribution < -0.4 is 5.32 Å². The zero-order valence-corrected chi connectivity index (χ0v) is 13.1. The second-order valence-electron chi connectivity index (χ2n) is 5.12. The molecule has 0 aliphatic carbocycles. The Hall–Kier alpha value is -2.99. The third-order valence-electron chi connectivity index (χ3n) is 3.54. The summed E-state index contributed by atoms with van der Waals surface area (Å²) in [5.41, 5.74) is 2.24. The average Bonchev–Trinajstić information content (AvgIpc) is 3.03. The van der Waals surface area contributed by atoms with Crippen molar-refractivity contribution >= 4 is 34.1 Å². The minimum atomic E-state index is -0.288. The second-order valence-corrected chi connectivity index (χ2v) is 5.56. The van der Waals surface area contributed by atoms with Gasteiger partial charge in [0.25, 0.3) is 0 Å². The van der Waals surface area contributed by atoms with Crippen LogP contribution in [0, 0.1) is 5.82 Å². The van der Waals surface area contributed by atoms with Gasteiger partial charge in [-0.2, -0.15) is 5.10 Å². The molecule has 0 atom stereocenters. The largest absolute Gasteiger partial charge is 0.340 e. The van der Waals surface area contributed by atoms with Gasteiger partial charge in [-0.3, -0.25) is 0 Å². The minimum Gasteiger partial charge on any atom is -0.340 e. The third kappa shape index (κ3) is 2.68. The number of hydrogen-bond donors (Lipinski definition) is 1. The molecule has 0 saturated heterocycles. The first kappa shape index (κ1) is 14.6. The Morgan fingerprint density at radius 2 is 1.71 bits per heavy atom. The summed E-state index contributed by atoms with van der Waals surface area (Å²) in [5.74, 6) is 0.316. The van der Waals surface area contributed by atoms with Gasteiger partial charge in [-0.05, 0) is 48.5 Å². The van der Waals surface area contributed by atoms with Gasteiger partial charge in [0.05, 0.1) is 17.3 Å². The molecule has 118 valence electrons. The summed E-state index contributed by atoms with van der Waals surface area (Å²) in [7, 11) is 0. The first-order valence-corrected chi connectivity index (χ1v) is 7.56. The van der Waals surface area contributed by atoms with Crippen molar-refractivity contribution in [3.05, 3.63) is 71.9 Å². The number of nitrogens with one attached hydrogen (secondary N) is 1. The Kier molecular flexibility index (Phi) is 3.59. The molecule has 0 saturated carbocycles. The topological polar surface area (TPSA) is 55.6 Å². The van der Waals surface area contributed by atoms with Crippen molar-refractivity contribution in [2.24, 2.45) is 0 Å². The molecule has 5 nitrogen and oxygen atoms in total. The van der Waals surface area contributed by atoms with E-state index in [-0.39, 0.29) is 5.82 Å². The van der Waals surface area contributed by atoms with Crippen LogP contribution in [0.25, 0.3) is 16.7 Å². The monoisotopic (exact) mass is 339 g/mol. The Bertz CT molecular complexity index is 996. The van der Waals surface area contributed by atoms with Gasteiger partial charge in [-0.25, -0.2) is 19.0 Å². The van der Waals surface area contributed by atoms with Crippen LogP contribution in [-0.4, -0.2) is 19.7 Å². The number of fused-ring (bicyclic) bond motifs is 1. The highest BCUT2D eigenvalue weighted by Crippen LogP contribution is 2.25. The first-order chi connectivity index (χ1) is 11.7. The lowest BCUT2D eigenvalue weighted by Crippen LogP contribution is -1.99. The number of nitrogens with zero attached hydrogens (tertiary/aromatic N) is 4. The highest BCUT2D eigenvalue weighted by molar-refractivity contribution is 6.30. The lowest BCUT2D eigenvalue weighted by atomic mass is 10.3. The van der Waals surface area contributed by atoms with Gasteiger partial charge >= 0.3 is 0 Å². The Morgan fingerprint density at radius 1 is 0.958 bits per heavy atom. The predicted molar refractivity (Wildman–Crippen MR) is 91.4 cm³/mol. The second kappa shape index (κ2) is 5.90. The maximum Gasteiger partial charge on any atom is 0.168 e. The normalized spacial score (nSPS) is 10.9. The molecule has 0 fully saturated rings. The SMILES string of the molecule is Fc1ccc(Nc2ncnc3c2cnn3-c2ccc(Cl)cc2)cc1. The summed E-state index contributed by atoms with van der Waals surface area (Å²) in [4.78, 5) is 8.57. The molecular weight excluding hydrogens is 329 g/mol. The molecule has 4 aromatic rings. The van der Waals surface area contributed by atoms with E-state index < -0.39 is 0 Å². The number of anilines is 2. The fourth-order valence-corrected chi connectivity index (χ4v) is 2.51. The molecule has 2 aromatic heterocycles. The van der Waals surface area contributed by atoms with E-state index in [4.69, 9.17) is 11.6 Å². The van der Waals surface area contributed by atoms with E-state index >= 15 is 0 Å². The van der Waals surface area contributed by atoms with Crippen molar-refractivity contribution in [1.29, 1.82) is 0 Å².